The van der Waals surface area contributed by atoms with Gasteiger partial charge in [0.05, 0.1) is 6.61 Å². The van der Waals surface area contributed by atoms with Gasteiger partial charge in [-0.25, -0.2) is 0 Å². The first-order chi connectivity index (χ1) is 6.83. The molecule has 0 amide bonds. The monoisotopic (exact) mass is 193 g/mol. The van der Waals surface area contributed by atoms with Crippen molar-refractivity contribution in [2.24, 2.45) is 5.73 Å². The molecule has 3 nitrogen and oxygen atoms in total. The summed E-state index contributed by atoms with van der Waals surface area (Å²) in [4.78, 5) is 11.3. The Morgan fingerprint density at radius 2 is 2.00 bits per heavy atom. The van der Waals surface area contributed by atoms with Gasteiger partial charge >= 0.3 is 0 Å². The number of carbonyl (C=O) groups excluding carboxylic acids is 1. The minimum absolute atomic E-state index is 0.0876. The zero-order chi connectivity index (χ0) is 10.2. The SMILES string of the molecule is NCCOCC(=O)Cc1ccccc1. The molecule has 0 aliphatic rings. The number of nitrogens with two attached hydrogens (primary N) is 1. The van der Waals surface area contributed by atoms with Crippen LogP contribution in [-0.2, 0) is 16.0 Å². The van der Waals surface area contributed by atoms with Gasteiger partial charge in [-0.05, 0) is 5.56 Å². The molecule has 14 heavy (non-hydrogen) atoms. The van der Waals surface area contributed by atoms with Crippen LogP contribution in [0.15, 0.2) is 30.3 Å². The topological polar surface area (TPSA) is 52.3 Å². The van der Waals surface area contributed by atoms with Gasteiger partial charge in [0.1, 0.15) is 6.61 Å². The van der Waals surface area contributed by atoms with Crippen LogP contribution >= 0.6 is 0 Å². The van der Waals surface area contributed by atoms with Crippen molar-refractivity contribution in [2.45, 2.75) is 6.42 Å². The summed E-state index contributed by atoms with van der Waals surface area (Å²) in [6.45, 7) is 1.06. The second-order valence-corrected chi connectivity index (χ2v) is 3.04. The fourth-order valence-corrected chi connectivity index (χ4v) is 1.14. The Morgan fingerprint density at radius 3 is 2.64 bits per heavy atom. The van der Waals surface area contributed by atoms with Crippen LogP contribution in [0, 0.1) is 0 Å². The Hall–Kier alpha value is -1.19. The zero-order valence-corrected chi connectivity index (χ0v) is 8.11. The Kier molecular flexibility index (Phi) is 4.89. The molecule has 1 aromatic rings. The van der Waals surface area contributed by atoms with E-state index in [-0.39, 0.29) is 12.4 Å². The zero-order valence-electron chi connectivity index (χ0n) is 8.11. The van der Waals surface area contributed by atoms with Gasteiger partial charge in [-0.15, -0.1) is 0 Å². The third-order valence-corrected chi connectivity index (χ3v) is 1.77. The third kappa shape index (κ3) is 4.16. The lowest BCUT2D eigenvalue weighted by molar-refractivity contribution is -0.122. The summed E-state index contributed by atoms with van der Waals surface area (Å²) in [5.41, 5.74) is 6.25. The quantitative estimate of drug-likeness (QED) is 0.679. The number of ketones is 1. The standard InChI is InChI=1S/C11H15NO2/c12-6-7-14-9-11(13)8-10-4-2-1-3-5-10/h1-5H,6-9,12H2. The number of carbonyl (C=O) groups is 1. The van der Waals surface area contributed by atoms with E-state index < -0.39 is 0 Å². The smallest absolute Gasteiger partial charge is 0.162 e. The molecule has 3 heteroatoms. The van der Waals surface area contributed by atoms with E-state index in [1.165, 1.54) is 0 Å². The number of hydrogen-bond acceptors (Lipinski definition) is 3. The Balaban J connectivity index is 2.27. The van der Waals surface area contributed by atoms with Gasteiger partial charge in [0.2, 0.25) is 0 Å². The van der Waals surface area contributed by atoms with Gasteiger partial charge < -0.3 is 10.5 Å². The first-order valence-corrected chi connectivity index (χ1v) is 4.66. The third-order valence-electron chi connectivity index (χ3n) is 1.77. The summed E-state index contributed by atoms with van der Waals surface area (Å²) in [5.74, 6) is 0.0876. The number of benzene rings is 1. The maximum absolute atomic E-state index is 11.3. The van der Waals surface area contributed by atoms with E-state index >= 15 is 0 Å². The highest BCUT2D eigenvalue weighted by atomic mass is 16.5. The van der Waals surface area contributed by atoms with E-state index in [1.54, 1.807) is 0 Å². The average Bonchev–Trinajstić information content (AvgIpc) is 2.20. The predicted molar refractivity (Wildman–Crippen MR) is 55.0 cm³/mol. The van der Waals surface area contributed by atoms with Crippen molar-refractivity contribution < 1.29 is 9.53 Å². The Morgan fingerprint density at radius 1 is 1.29 bits per heavy atom. The number of ether oxygens (including phenoxy) is 1. The molecule has 0 spiro atoms. The lowest BCUT2D eigenvalue weighted by atomic mass is 10.1. The van der Waals surface area contributed by atoms with Crippen molar-refractivity contribution in [1.82, 2.24) is 0 Å². The molecule has 0 radical (unpaired) electrons. The number of Topliss-reactive ketones (excluding diaryl/α,β-unsaturated/α-hetero) is 1. The lowest BCUT2D eigenvalue weighted by Gasteiger charge is -2.01. The molecule has 0 unspecified atom stereocenters. The van der Waals surface area contributed by atoms with Crippen molar-refractivity contribution >= 4 is 5.78 Å². The molecule has 2 N–H and O–H groups in total. The van der Waals surface area contributed by atoms with Crippen LogP contribution < -0.4 is 5.73 Å². The lowest BCUT2D eigenvalue weighted by Crippen LogP contribution is -2.15. The highest BCUT2D eigenvalue weighted by molar-refractivity contribution is 5.81. The summed E-state index contributed by atoms with van der Waals surface area (Å²) in [5, 5.41) is 0. The highest BCUT2D eigenvalue weighted by Gasteiger charge is 2.02. The van der Waals surface area contributed by atoms with Crippen molar-refractivity contribution in [3.63, 3.8) is 0 Å². The summed E-state index contributed by atoms with van der Waals surface area (Å²) < 4.78 is 5.04. The fourth-order valence-electron chi connectivity index (χ4n) is 1.14. The molecule has 1 aromatic carbocycles. The molecule has 0 saturated heterocycles. The van der Waals surface area contributed by atoms with Crippen molar-refractivity contribution in [3.8, 4) is 0 Å². The van der Waals surface area contributed by atoms with Crippen molar-refractivity contribution in [2.75, 3.05) is 19.8 Å². The average molecular weight is 193 g/mol. The molecule has 76 valence electrons. The summed E-state index contributed by atoms with van der Waals surface area (Å²) in [6, 6.07) is 9.63. The number of hydrogen-bond donors (Lipinski definition) is 1. The largest absolute Gasteiger partial charge is 0.372 e. The maximum atomic E-state index is 11.3. The molecule has 0 aromatic heterocycles. The van der Waals surface area contributed by atoms with E-state index in [1.807, 2.05) is 30.3 Å². The van der Waals surface area contributed by atoms with Gasteiger partial charge in [-0.3, -0.25) is 4.79 Å². The first kappa shape index (κ1) is 10.9. The van der Waals surface area contributed by atoms with E-state index in [0.717, 1.165) is 5.56 Å². The van der Waals surface area contributed by atoms with Crippen LogP contribution in [0.25, 0.3) is 0 Å². The van der Waals surface area contributed by atoms with Crippen LogP contribution in [0.3, 0.4) is 0 Å². The van der Waals surface area contributed by atoms with Gasteiger partial charge in [-0.1, -0.05) is 30.3 Å². The summed E-state index contributed by atoms with van der Waals surface area (Å²) >= 11 is 0. The second kappa shape index (κ2) is 6.29. The van der Waals surface area contributed by atoms with Crippen LogP contribution in [0.1, 0.15) is 5.56 Å². The van der Waals surface area contributed by atoms with Crippen LogP contribution in [0.2, 0.25) is 0 Å². The molecule has 0 aliphatic carbocycles. The Bertz CT molecular complexity index is 272. The molecule has 0 saturated carbocycles. The van der Waals surface area contributed by atoms with E-state index in [4.69, 9.17) is 10.5 Å². The van der Waals surface area contributed by atoms with E-state index in [2.05, 4.69) is 0 Å². The molecule has 1 rings (SSSR count). The van der Waals surface area contributed by atoms with Gasteiger partial charge in [0.15, 0.2) is 5.78 Å². The van der Waals surface area contributed by atoms with Gasteiger partial charge in [0, 0.05) is 13.0 Å². The normalized spacial score (nSPS) is 10.1. The minimum atomic E-state index is 0.0876. The highest BCUT2D eigenvalue weighted by Crippen LogP contribution is 2.00. The minimum Gasteiger partial charge on any atom is -0.372 e. The van der Waals surface area contributed by atoms with Crippen molar-refractivity contribution in [3.05, 3.63) is 35.9 Å². The molecular weight excluding hydrogens is 178 g/mol. The molecular formula is C11H15NO2. The van der Waals surface area contributed by atoms with Crippen molar-refractivity contribution in [1.29, 1.82) is 0 Å². The summed E-state index contributed by atoms with van der Waals surface area (Å²) in [7, 11) is 0. The molecule has 0 heterocycles. The van der Waals surface area contributed by atoms with Crippen LogP contribution in [0.4, 0.5) is 0 Å². The van der Waals surface area contributed by atoms with Gasteiger partial charge in [-0.2, -0.15) is 0 Å². The van der Waals surface area contributed by atoms with Crippen LogP contribution in [-0.4, -0.2) is 25.5 Å². The van der Waals surface area contributed by atoms with Gasteiger partial charge in [0.25, 0.3) is 0 Å². The van der Waals surface area contributed by atoms with Crippen LogP contribution in [0.5, 0.6) is 0 Å². The summed E-state index contributed by atoms with van der Waals surface area (Å²) in [6.07, 6.45) is 0.436. The molecule has 0 aliphatic heterocycles. The Labute approximate surface area is 83.9 Å². The number of rotatable bonds is 6. The fraction of sp³-hybridized carbons (Fsp3) is 0.364. The molecule has 0 fully saturated rings. The molecule has 0 bridgehead atoms. The maximum Gasteiger partial charge on any atom is 0.162 e. The van der Waals surface area contributed by atoms with E-state index in [9.17, 15) is 4.79 Å². The molecule has 0 atom stereocenters. The second-order valence-electron chi connectivity index (χ2n) is 3.04. The first-order valence-electron chi connectivity index (χ1n) is 4.66. The van der Waals surface area contributed by atoms with E-state index in [0.29, 0.717) is 19.6 Å². The predicted octanol–water partition coefficient (Wildman–Crippen LogP) is 0.773.